The van der Waals surface area contributed by atoms with Crippen molar-refractivity contribution in [2.24, 2.45) is 0 Å². The minimum absolute atomic E-state index is 0.497. The van der Waals surface area contributed by atoms with Crippen LogP contribution in [0.4, 0.5) is 0 Å². The zero-order valence-corrected chi connectivity index (χ0v) is 38.2. The van der Waals surface area contributed by atoms with E-state index in [0.29, 0.717) is 22.5 Å². The van der Waals surface area contributed by atoms with Crippen LogP contribution in [0, 0.1) is 50.4 Å². The van der Waals surface area contributed by atoms with E-state index in [1.165, 1.54) is 42.1 Å². The molecule has 66 heavy (non-hydrogen) atoms. The van der Waals surface area contributed by atoms with Gasteiger partial charge in [-0.2, -0.15) is 10.5 Å². The fraction of sp³-hybridized carbons (Fsp3) is 0.0667. The van der Waals surface area contributed by atoms with Crippen LogP contribution in [0.25, 0.3) is 118 Å². The summed E-state index contributed by atoms with van der Waals surface area (Å²) in [7, 11) is 0. The van der Waals surface area contributed by atoms with Gasteiger partial charge in [-0.3, -0.25) is 0 Å². The average molecular weight is 879 g/mol. The van der Waals surface area contributed by atoms with Gasteiger partial charge in [0.05, 0.1) is 48.4 Å². The molecule has 0 spiro atoms. The second-order valence-corrected chi connectivity index (χ2v) is 19.7. The van der Waals surface area contributed by atoms with Crippen molar-refractivity contribution < 1.29 is 0 Å². The standard InChI is InChI=1S/C60H38N4S2/c1-33-27-45-41-23-25-43-39-19-11-13-21-51(39)65-59(43)57(41)63(49(45)29-35(33)3)55-48(32-62)56(54(38-17-9-6-10-18-38)47(31-61)53(55)37-15-7-5-8-16-37)64-50-30-36(4)34(2)28-46(50)42-24-26-44-40-20-12-14-22-52(40)66-60(44)58(42)64/h5-30H,1-4H3. The molecule has 0 amide bonds. The Morgan fingerprint density at radius 3 is 1.18 bits per heavy atom. The highest BCUT2D eigenvalue weighted by Crippen LogP contribution is 2.52. The Morgan fingerprint density at radius 2 is 0.758 bits per heavy atom. The van der Waals surface area contributed by atoms with E-state index in [0.717, 1.165) is 86.4 Å². The van der Waals surface area contributed by atoms with E-state index in [-0.39, 0.29) is 0 Å². The van der Waals surface area contributed by atoms with Crippen molar-refractivity contribution in [3.8, 4) is 45.8 Å². The van der Waals surface area contributed by atoms with Crippen molar-refractivity contribution in [2.45, 2.75) is 27.7 Å². The van der Waals surface area contributed by atoms with Crippen molar-refractivity contribution in [3.63, 3.8) is 0 Å². The van der Waals surface area contributed by atoms with Crippen molar-refractivity contribution in [1.29, 1.82) is 10.5 Å². The SMILES string of the molecule is Cc1cc2c3ccc4c5ccccc5sc4c3n(-c3c(C#N)c(-n4c5cc(C)c(C)cc5c5ccc6c7ccccc7sc6c54)c(-c4ccccc4)c(C#N)c3-c3ccccc3)c2cc1C. The fourth-order valence-electron chi connectivity index (χ4n) is 10.7. The summed E-state index contributed by atoms with van der Waals surface area (Å²) in [5.41, 5.74) is 14.4. The van der Waals surface area contributed by atoms with Crippen LogP contribution in [0.5, 0.6) is 0 Å². The molecule has 0 atom stereocenters. The predicted octanol–water partition coefficient (Wildman–Crippen LogP) is 16.9. The highest BCUT2D eigenvalue weighted by Gasteiger charge is 2.33. The lowest BCUT2D eigenvalue weighted by molar-refractivity contribution is 1.12. The second kappa shape index (κ2) is 14.2. The molecule has 13 rings (SSSR count). The number of aryl methyl sites for hydroxylation is 4. The molecule has 0 radical (unpaired) electrons. The summed E-state index contributed by atoms with van der Waals surface area (Å²) in [4.78, 5) is 0. The molecule has 0 aliphatic rings. The summed E-state index contributed by atoms with van der Waals surface area (Å²) in [6.07, 6.45) is 0. The molecule has 0 saturated carbocycles. The van der Waals surface area contributed by atoms with Crippen LogP contribution in [-0.4, -0.2) is 9.13 Å². The minimum atomic E-state index is 0.497. The van der Waals surface area contributed by atoms with Crippen molar-refractivity contribution in [2.75, 3.05) is 0 Å². The Hall–Kier alpha value is -8.00. The number of nitrogens with zero attached hydrogens (tertiary/aromatic N) is 4. The third-order valence-corrected chi connectivity index (χ3v) is 16.4. The number of aromatic nitrogens is 2. The molecule has 0 aliphatic carbocycles. The maximum atomic E-state index is 12.4. The first kappa shape index (κ1) is 38.5. The number of benzene rings is 9. The normalized spacial score (nSPS) is 11.9. The molecule has 0 fully saturated rings. The lowest BCUT2D eigenvalue weighted by Crippen LogP contribution is -2.11. The van der Waals surface area contributed by atoms with Crippen LogP contribution in [0.15, 0.2) is 158 Å². The Morgan fingerprint density at radius 1 is 0.379 bits per heavy atom. The molecule has 310 valence electrons. The van der Waals surface area contributed by atoms with Crippen LogP contribution >= 0.6 is 22.7 Å². The van der Waals surface area contributed by atoms with E-state index < -0.39 is 0 Å². The molecule has 9 aromatic carbocycles. The highest BCUT2D eigenvalue weighted by atomic mass is 32.1. The molecule has 0 aliphatic heterocycles. The second-order valence-electron chi connectivity index (χ2n) is 17.6. The van der Waals surface area contributed by atoms with Crippen molar-refractivity contribution in [1.82, 2.24) is 9.13 Å². The number of hydrogen-bond donors (Lipinski definition) is 0. The van der Waals surface area contributed by atoms with Gasteiger partial charge in [-0.05, 0) is 97.5 Å². The van der Waals surface area contributed by atoms with E-state index in [1.54, 1.807) is 22.7 Å². The summed E-state index contributed by atoms with van der Waals surface area (Å²) >= 11 is 3.58. The first-order chi connectivity index (χ1) is 32.3. The Labute approximate surface area is 388 Å². The van der Waals surface area contributed by atoms with Gasteiger partial charge in [0.2, 0.25) is 0 Å². The summed E-state index contributed by atoms with van der Waals surface area (Å²) in [5.74, 6) is 0. The first-order valence-corrected chi connectivity index (χ1v) is 23.8. The van der Waals surface area contributed by atoms with Gasteiger partial charge in [-0.15, -0.1) is 22.7 Å². The monoisotopic (exact) mass is 878 g/mol. The topological polar surface area (TPSA) is 57.4 Å². The van der Waals surface area contributed by atoms with E-state index in [9.17, 15) is 10.5 Å². The Bertz CT molecular complexity index is 4070. The third kappa shape index (κ3) is 5.23. The van der Waals surface area contributed by atoms with Gasteiger partial charge >= 0.3 is 0 Å². The summed E-state index contributed by atoms with van der Waals surface area (Å²) in [5, 5.41) is 33.6. The van der Waals surface area contributed by atoms with Gasteiger partial charge in [0.15, 0.2) is 0 Å². The summed E-state index contributed by atoms with van der Waals surface area (Å²) in [6, 6.07) is 61.7. The number of hydrogen-bond acceptors (Lipinski definition) is 4. The number of fused-ring (bicyclic) bond motifs is 14. The molecule has 0 saturated heterocycles. The van der Waals surface area contributed by atoms with E-state index in [1.807, 2.05) is 36.4 Å². The number of rotatable bonds is 4. The maximum absolute atomic E-state index is 12.4. The molecule has 0 unspecified atom stereocenters. The largest absolute Gasteiger partial charge is 0.306 e. The van der Waals surface area contributed by atoms with E-state index in [4.69, 9.17) is 0 Å². The lowest BCUT2D eigenvalue weighted by Gasteiger charge is -2.25. The van der Waals surface area contributed by atoms with Crippen molar-refractivity contribution >= 4 is 107 Å². The summed E-state index contributed by atoms with van der Waals surface area (Å²) in [6.45, 7) is 8.68. The zero-order chi connectivity index (χ0) is 44.5. The van der Waals surface area contributed by atoms with Gasteiger partial charge in [0.1, 0.15) is 17.7 Å². The van der Waals surface area contributed by atoms with Gasteiger partial charge < -0.3 is 9.13 Å². The van der Waals surface area contributed by atoms with Gasteiger partial charge in [0.25, 0.3) is 0 Å². The van der Waals surface area contributed by atoms with Crippen LogP contribution in [0.3, 0.4) is 0 Å². The van der Waals surface area contributed by atoms with Crippen molar-refractivity contribution in [3.05, 3.63) is 191 Å². The minimum Gasteiger partial charge on any atom is -0.306 e. The highest BCUT2D eigenvalue weighted by molar-refractivity contribution is 7.27. The molecule has 4 aromatic heterocycles. The van der Waals surface area contributed by atoms with E-state index >= 15 is 0 Å². The predicted molar refractivity (Wildman–Crippen MR) is 280 cm³/mol. The third-order valence-electron chi connectivity index (χ3n) is 14.0. The van der Waals surface area contributed by atoms with Gasteiger partial charge in [0, 0.05) is 63.6 Å². The molecule has 0 N–H and O–H groups in total. The summed E-state index contributed by atoms with van der Waals surface area (Å²) < 4.78 is 9.40. The first-order valence-electron chi connectivity index (χ1n) is 22.2. The zero-order valence-electron chi connectivity index (χ0n) is 36.6. The van der Waals surface area contributed by atoms with Crippen LogP contribution in [-0.2, 0) is 0 Å². The van der Waals surface area contributed by atoms with E-state index in [2.05, 4.69) is 170 Å². The van der Waals surface area contributed by atoms with Crippen LogP contribution in [0.1, 0.15) is 33.4 Å². The quantitative estimate of drug-likeness (QED) is 0.177. The molecule has 6 heteroatoms. The maximum Gasteiger partial charge on any atom is 0.104 e. The fourth-order valence-corrected chi connectivity index (χ4v) is 13.2. The molecule has 4 heterocycles. The molecule has 13 aromatic rings. The lowest BCUT2D eigenvalue weighted by atomic mass is 9.86. The smallest absolute Gasteiger partial charge is 0.104 e. The molecule has 0 bridgehead atoms. The number of thiophene rings is 2. The molecular formula is C60H38N4S2. The Kier molecular flexibility index (Phi) is 8.30. The van der Waals surface area contributed by atoms with Gasteiger partial charge in [-0.1, -0.05) is 121 Å². The number of nitriles is 2. The molecule has 4 nitrogen and oxygen atoms in total. The van der Waals surface area contributed by atoms with Gasteiger partial charge in [-0.25, -0.2) is 0 Å². The Balaban J connectivity index is 1.35. The molecular weight excluding hydrogens is 841 g/mol. The van der Waals surface area contributed by atoms with Crippen LogP contribution < -0.4 is 0 Å². The average Bonchev–Trinajstić information content (AvgIpc) is 4.09. The van der Waals surface area contributed by atoms with Crippen LogP contribution in [0.2, 0.25) is 0 Å².